The third-order valence-corrected chi connectivity index (χ3v) is 4.98. The van der Waals surface area contributed by atoms with E-state index >= 15 is 0 Å². The first-order valence-electron chi connectivity index (χ1n) is 10.2. The van der Waals surface area contributed by atoms with Crippen molar-refractivity contribution in [2.75, 3.05) is 13.7 Å². The molecule has 0 aliphatic carbocycles. The van der Waals surface area contributed by atoms with Crippen molar-refractivity contribution >= 4 is 5.91 Å². The molecule has 0 saturated heterocycles. The molecule has 162 valence electrons. The Labute approximate surface area is 183 Å². The van der Waals surface area contributed by atoms with Crippen molar-refractivity contribution in [1.29, 1.82) is 0 Å². The van der Waals surface area contributed by atoms with Crippen LogP contribution >= 0.6 is 0 Å². The van der Waals surface area contributed by atoms with Gasteiger partial charge in [-0.2, -0.15) is 0 Å². The first-order valence-corrected chi connectivity index (χ1v) is 10.2. The van der Waals surface area contributed by atoms with Gasteiger partial charge in [0.15, 0.2) is 0 Å². The molecule has 1 amide bonds. The predicted molar refractivity (Wildman–Crippen MR) is 119 cm³/mol. The summed E-state index contributed by atoms with van der Waals surface area (Å²) in [6.45, 7) is 8.82. The molecule has 31 heavy (non-hydrogen) atoms. The second-order valence-corrected chi connectivity index (χ2v) is 7.41. The fourth-order valence-corrected chi connectivity index (χ4v) is 3.08. The van der Waals surface area contributed by atoms with E-state index in [-0.39, 0.29) is 5.91 Å². The highest BCUT2D eigenvalue weighted by Crippen LogP contribution is 2.19. The Morgan fingerprint density at radius 2 is 1.65 bits per heavy atom. The number of nitrogens with zero attached hydrogens (tertiary/aromatic N) is 2. The van der Waals surface area contributed by atoms with Crippen LogP contribution < -0.4 is 9.47 Å². The molecule has 3 aromatic rings. The summed E-state index contributed by atoms with van der Waals surface area (Å²) >= 11 is 0. The summed E-state index contributed by atoms with van der Waals surface area (Å²) in [6, 6.07) is 15.3. The van der Waals surface area contributed by atoms with Crippen LogP contribution in [-0.2, 0) is 24.4 Å². The number of hydrogen-bond acceptors (Lipinski definition) is 5. The maximum atomic E-state index is 12.6. The van der Waals surface area contributed by atoms with Crippen LogP contribution in [0.15, 0.2) is 65.7 Å². The van der Waals surface area contributed by atoms with Gasteiger partial charge in [-0.3, -0.25) is 4.79 Å². The molecule has 0 unspecified atom stereocenters. The van der Waals surface area contributed by atoms with Crippen molar-refractivity contribution in [3.63, 3.8) is 0 Å². The van der Waals surface area contributed by atoms with E-state index in [4.69, 9.17) is 14.0 Å². The normalized spacial score (nSPS) is 10.5. The van der Waals surface area contributed by atoms with Crippen LogP contribution in [0, 0.1) is 13.8 Å². The Bertz CT molecular complexity index is 988. The molecule has 0 saturated carbocycles. The first kappa shape index (κ1) is 22.2. The molecule has 6 heteroatoms. The summed E-state index contributed by atoms with van der Waals surface area (Å²) in [7, 11) is 1.81. The van der Waals surface area contributed by atoms with Crippen LogP contribution in [0.3, 0.4) is 0 Å². The lowest BCUT2D eigenvalue weighted by molar-refractivity contribution is -0.129. The van der Waals surface area contributed by atoms with Gasteiger partial charge in [0.25, 0.3) is 0 Å². The van der Waals surface area contributed by atoms with Crippen molar-refractivity contribution < 1.29 is 18.8 Å². The number of likely N-dealkylation sites (N-methyl/N-ethyl adjacent to an activating group) is 1. The van der Waals surface area contributed by atoms with E-state index in [0.717, 1.165) is 39.6 Å². The third kappa shape index (κ3) is 6.22. The number of carbonyl (C=O) groups is 1. The number of carbonyl (C=O) groups excluding carboxylic acids is 1. The molecule has 0 radical (unpaired) electrons. The molecule has 6 nitrogen and oxygen atoms in total. The van der Waals surface area contributed by atoms with Gasteiger partial charge in [-0.05, 0) is 49.2 Å². The number of benzene rings is 2. The summed E-state index contributed by atoms with van der Waals surface area (Å²) in [5.41, 5.74) is 3.78. The van der Waals surface area contributed by atoms with Gasteiger partial charge in [-0.15, -0.1) is 0 Å². The fourth-order valence-electron chi connectivity index (χ4n) is 3.08. The number of hydrogen-bond donors (Lipinski definition) is 0. The molecule has 0 fully saturated rings. The van der Waals surface area contributed by atoms with Gasteiger partial charge in [0.05, 0.1) is 17.7 Å². The van der Waals surface area contributed by atoms with Gasteiger partial charge >= 0.3 is 0 Å². The maximum absolute atomic E-state index is 12.6. The van der Waals surface area contributed by atoms with E-state index in [2.05, 4.69) is 11.7 Å². The van der Waals surface area contributed by atoms with Gasteiger partial charge in [0.1, 0.15) is 30.5 Å². The zero-order valence-corrected chi connectivity index (χ0v) is 18.3. The van der Waals surface area contributed by atoms with Gasteiger partial charge in [-0.25, -0.2) is 0 Å². The van der Waals surface area contributed by atoms with Crippen molar-refractivity contribution in [2.45, 2.75) is 33.4 Å². The number of aryl methyl sites for hydroxylation is 2. The van der Waals surface area contributed by atoms with E-state index in [1.807, 2.05) is 69.4 Å². The Morgan fingerprint density at radius 3 is 2.23 bits per heavy atom. The Hall–Kier alpha value is -3.54. The summed E-state index contributed by atoms with van der Waals surface area (Å²) < 4.78 is 16.5. The molecule has 0 atom stereocenters. The molecular formula is C25H28N2O4. The maximum Gasteiger partial charge on any atom is 0.227 e. The SMILES string of the molecule is C=CCOc1ccc(CN(C)C(=O)Cc2ccc(OCc3c(C)noc3C)cc2)cc1. The average Bonchev–Trinajstić information content (AvgIpc) is 3.10. The summed E-state index contributed by atoms with van der Waals surface area (Å²) in [5, 5.41) is 3.93. The van der Waals surface area contributed by atoms with E-state index in [1.165, 1.54) is 0 Å². The number of amides is 1. The minimum absolute atomic E-state index is 0.0522. The Morgan fingerprint density at radius 1 is 1.03 bits per heavy atom. The summed E-state index contributed by atoms with van der Waals surface area (Å²) in [6.07, 6.45) is 2.04. The zero-order valence-electron chi connectivity index (χ0n) is 18.3. The molecular weight excluding hydrogens is 392 g/mol. The monoisotopic (exact) mass is 420 g/mol. The first-order chi connectivity index (χ1) is 15.0. The third-order valence-electron chi connectivity index (χ3n) is 4.98. The standard InChI is InChI=1S/C25H28N2O4/c1-5-14-29-22-12-8-21(9-13-22)16-27(4)25(28)15-20-6-10-23(11-7-20)30-17-24-18(2)26-31-19(24)3/h5-13H,1,14-17H2,2-4H3. The Balaban J connectivity index is 1.49. The average molecular weight is 421 g/mol. The Kier molecular flexibility index (Phi) is 7.49. The fraction of sp³-hybridized carbons (Fsp3) is 0.280. The van der Waals surface area contributed by atoms with Gasteiger partial charge in [-0.1, -0.05) is 42.1 Å². The number of rotatable bonds is 10. The summed E-state index contributed by atoms with van der Waals surface area (Å²) in [4.78, 5) is 14.3. The zero-order chi connectivity index (χ0) is 22.2. The highest BCUT2D eigenvalue weighted by molar-refractivity contribution is 5.78. The van der Waals surface area contributed by atoms with Crippen molar-refractivity contribution in [3.05, 3.63) is 89.3 Å². The molecule has 0 bridgehead atoms. The molecule has 1 heterocycles. The van der Waals surface area contributed by atoms with E-state index in [1.54, 1.807) is 11.0 Å². The van der Waals surface area contributed by atoms with Crippen LogP contribution in [0.25, 0.3) is 0 Å². The van der Waals surface area contributed by atoms with Crippen LogP contribution in [0.2, 0.25) is 0 Å². The lowest BCUT2D eigenvalue weighted by Gasteiger charge is -2.18. The van der Waals surface area contributed by atoms with Gasteiger partial charge in [0.2, 0.25) is 5.91 Å². The molecule has 0 aliphatic heterocycles. The van der Waals surface area contributed by atoms with Crippen LogP contribution in [0.5, 0.6) is 11.5 Å². The van der Waals surface area contributed by atoms with Gasteiger partial charge < -0.3 is 18.9 Å². The van der Waals surface area contributed by atoms with Crippen molar-refractivity contribution in [3.8, 4) is 11.5 Å². The van der Waals surface area contributed by atoms with Gasteiger partial charge in [0, 0.05) is 13.6 Å². The second-order valence-electron chi connectivity index (χ2n) is 7.41. The number of aromatic nitrogens is 1. The smallest absolute Gasteiger partial charge is 0.227 e. The summed E-state index contributed by atoms with van der Waals surface area (Å²) in [5.74, 6) is 2.34. The molecule has 3 rings (SSSR count). The predicted octanol–water partition coefficient (Wildman–Crippen LogP) is 4.64. The molecule has 2 aromatic carbocycles. The lowest BCUT2D eigenvalue weighted by atomic mass is 10.1. The van der Waals surface area contributed by atoms with E-state index in [9.17, 15) is 4.79 Å². The van der Waals surface area contributed by atoms with Crippen LogP contribution in [0.1, 0.15) is 28.1 Å². The van der Waals surface area contributed by atoms with Crippen molar-refractivity contribution in [2.24, 2.45) is 0 Å². The number of ether oxygens (including phenoxy) is 2. The second kappa shape index (κ2) is 10.5. The van der Waals surface area contributed by atoms with E-state index in [0.29, 0.717) is 26.2 Å². The molecule has 0 N–H and O–H groups in total. The quantitative estimate of drug-likeness (QED) is 0.447. The topological polar surface area (TPSA) is 64.8 Å². The highest BCUT2D eigenvalue weighted by atomic mass is 16.5. The minimum Gasteiger partial charge on any atom is -0.490 e. The van der Waals surface area contributed by atoms with E-state index < -0.39 is 0 Å². The lowest BCUT2D eigenvalue weighted by Crippen LogP contribution is -2.27. The largest absolute Gasteiger partial charge is 0.490 e. The molecule has 0 spiro atoms. The van der Waals surface area contributed by atoms with Crippen LogP contribution in [0.4, 0.5) is 0 Å². The highest BCUT2D eigenvalue weighted by Gasteiger charge is 2.12. The van der Waals surface area contributed by atoms with Crippen LogP contribution in [-0.4, -0.2) is 29.6 Å². The minimum atomic E-state index is 0.0522. The van der Waals surface area contributed by atoms with Crippen molar-refractivity contribution in [1.82, 2.24) is 10.1 Å². The molecule has 0 aliphatic rings. The molecule has 1 aromatic heterocycles.